The molecule has 1 aliphatic heterocycles. The second-order valence-electron chi connectivity index (χ2n) is 4.21. The lowest BCUT2D eigenvalue weighted by molar-refractivity contribution is -0.137. The second kappa shape index (κ2) is 4.97. The number of para-hydroxylation sites is 1. The molecule has 2 rings (SSSR count). The zero-order chi connectivity index (χ0) is 13.3. The number of rotatable bonds is 3. The van der Waals surface area contributed by atoms with E-state index in [1.54, 1.807) is 11.9 Å². The van der Waals surface area contributed by atoms with E-state index in [1.165, 1.54) is 4.90 Å². The summed E-state index contributed by atoms with van der Waals surface area (Å²) in [5, 5.41) is 8.82. The second-order valence-corrected chi connectivity index (χ2v) is 5.06. The van der Waals surface area contributed by atoms with Crippen LogP contribution in [0.4, 0.5) is 10.5 Å². The summed E-state index contributed by atoms with van der Waals surface area (Å²) < 4.78 is 0.822. The molecule has 0 radical (unpaired) electrons. The van der Waals surface area contributed by atoms with Crippen molar-refractivity contribution in [3.8, 4) is 0 Å². The molecule has 0 bridgehead atoms. The van der Waals surface area contributed by atoms with E-state index in [0.717, 1.165) is 10.2 Å². The molecule has 0 aromatic heterocycles. The van der Waals surface area contributed by atoms with Crippen LogP contribution in [-0.2, 0) is 4.79 Å². The van der Waals surface area contributed by atoms with Gasteiger partial charge in [0.05, 0.1) is 18.2 Å². The van der Waals surface area contributed by atoms with Gasteiger partial charge in [0.25, 0.3) is 0 Å². The molecule has 1 heterocycles. The van der Waals surface area contributed by atoms with Crippen LogP contribution in [0.15, 0.2) is 28.7 Å². The number of aliphatic carboxylic acids is 1. The van der Waals surface area contributed by atoms with Crippen LogP contribution in [-0.4, -0.2) is 41.6 Å². The zero-order valence-corrected chi connectivity index (χ0v) is 11.4. The molecule has 0 aliphatic carbocycles. The number of benzene rings is 1. The minimum Gasteiger partial charge on any atom is -0.481 e. The van der Waals surface area contributed by atoms with E-state index in [2.05, 4.69) is 15.9 Å². The summed E-state index contributed by atoms with van der Waals surface area (Å²) in [4.78, 5) is 25.9. The van der Waals surface area contributed by atoms with Crippen molar-refractivity contribution in [3.05, 3.63) is 28.7 Å². The first-order chi connectivity index (χ1) is 8.50. The van der Waals surface area contributed by atoms with Crippen LogP contribution in [0, 0.1) is 0 Å². The molecule has 0 spiro atoms. The number of carboxylic acid groups (broad SMARTS) is 1. The average molecular weight is 313 g/mol. The first kappa shape index (κ1) is 12.9. The lowest BCUT2D eigenvalue weighted by Crippen LogP contribution is -2.32. The van der Waals surface area contributed by atoms with Crippen LogP contribution in [0.2, 0.25) is 0 Å². The molecule has 1 aromatic rings. The number of hydrogen-bond donors (Lipinski definition) is 1. The van der Waals surface area contributed by atoms with Crippen molar-refractivity contribution in [2.24, 2.45) is 0 Å². The van der Waals surface area contributed by atoms with E-state index in [9.17, 15) is 9.59 Å². The number of nitrogens with zero attached hydrogens (tertiary/aromatic N) is 2. The summed E-state index contributed by atoms with van der Waals surface area (Å²) in [6.45, 7) is 0.393. The molecule has 0 saturated carbocycles. The van der Waals surface area contributed by atoms with E-state index < -0.39 is 5.97 Å². The van der Waals surface area contributed by atoms with Crippen LogP contribution >= 0.6 is 15.9 Å². The first-order valence-electron chi connectivity index (χ1n) is 5.51. The number of urea groups is 1. The molecule has 1 aromatic carbocycles. The zero-order valence-electron chi connectivity index (χ0n) is 9.84. The van der Waals surface area contributed by atoms with Crippen molar-refractivity contribution in [2.45, 2.75) is 12.5 Å². The van der Waals surface area contributed by atoms with Crippen molar-refractivity contribution in [2.75, 3.05) is 18.5 Å². The van der Waals surface area contributed by atoms with Gasteiger partial charge in [0.2, 0.25) is 0 Å². The number of likely N-dealkylation sites (N-methyl/N-ethyl adjacent to an activating group) is 1. The molecule has 5 nitrogen and oxygen atoms in total. The molecule has 1 atom stereocenters. The third kappa shape index (κ3) is 2.33. The number of halogens is 1. The SMILES string of the molecule is CN1C(=O)N(c2ccccc2Br)CC1CC(=O)O. The Morgan fingerprint density at radius 3 is 2.78 bits per heavy atom. The fourth-order valence-corrected chi connectivity index (χ4v) is 2.53. The molecular formula is C12H13BrN2O3. The topological polar surface area (TPSA) is 60.9 Å². The molecule has 96 valence electrons. The maximum Gasteiger partial charge on any atom is 0.324 e. The Labute approximate surface area is 113 Å². The van der Waals surface area contributed by atoms with E-state index in [0.29, 0.717) is 6.54 Å². The van der Waals surface area contributed by atoms with Crippen LogP contribution in [0.25, 0.3) is 0 Å². The summed E-state index contributed by atoms with van der Waals surface area (Å²) in [6, 6.07) is 6.94. The van der Waals surface area contributed by atoms with Gasteiger partial charge in [-0.1, -0.05) is 12.1 Å². The predicted octanol–water partition coefficient (Wildman–Crippen LogP) is 2.16. The molecule has 1 saturated heterocycles. The Hall–Kier alpha value is -1.56. The lowest BCUT2D eigenvalue weighted by Gasteiger charge is -2.17. The molecule has 1 aliphatic rings. The Balaban J connectivity index is 2.24. The predicted molar refractivity (Wildman–Crippen MR) is 70.7 cm³/mol. The summed E-state index contributed by atoms with van der Waals surface area (Å²) in [5.41, 5.74) is 0.766. The van der Waals surface area contributed by atoms with Crippen molar-refractivity contribution in [1.82, 2.24) is 4.90 Å². The van der Waals surface area contributed by atoms with Crippen molar-refractivity contribution >= 4 is 33.6 Å². The van der Waals surface area contributed by atoms with Gasteiger partial charge in [-0.3, -0.25) is 9.69 Å². The maximum absolute atomic E-state index is 12.1. The Kier molecular flexibility index (Phi) is 3.56. The molecular weight excluding hydrogens is 300 g/mol. The first-order valence-corrected chi connectivity index (χ1v) is 6.30. The van der Waals surface area contributed by atoms with Crippen LogP contribution in [0.3, 0.4) is 0 Å². The highest BCUT2D eigenvalue weighted by Crippen LogP contribution is 2.30. The molecule has 1 unspecified atom stereocenters. The van der Waals surface area contributed by atoms with Gasteiger partial charge in [-0.25, -0.2) is 4.79 Å². The number of anilines is 1. The van der Waals surface area contributed by atoms with Gasteiger partial charge >= 0.3 is 12.0 Å². The van der Waals surface area contributed by atoms with Crippen molar-refractivity contribution < 1.29 is 14.7 Å². The van der Waals surface area contributed by atoms with E-state index in [-0.39, 0.29) is 18.5 Å². The monoisotopic (exact) mass is 312 g/mol. The van der Waals surface area contributed by atoms with Gasteiger partial charge in [0.15, 0.2) is 0 Å². The molecule has 18 heavy (non-hydrogen) atoms. The number of carboxylic acids is 1. The third-order valence-corrected chi connectivity index (χ3v) is 3.70. The van der Waals surface area contributed by atoms with E-state index >= 15 is 0 Å². The van der Waals surface area contributed by atoms with Crippen LogP contribution in [0.5, 0.6) is 0 Å². The number of carbonyl (C=O) groups excluding carboxylic acids is 1. The quantitative estimate of drug-likeness (QED) is 0.930. The maximum atomic E-state index is 12.1. The fourth-order valence-electron chi connectivity index (χ4n) is 2.03. The average Bonchev–Trinajstić information content (AvgIpc) is 2.58. The molecule has 1 fully saturated rings. The molecule has 1 N–H and O–H groups in total. The van der Waals surface area contributed by atoms with Crippen molar-refractivity contribution in [1.29, 1.82) is 0 Å². The summed E-state index contributed by atoms with van der Waals surface area (Å²) >= 11 is 3.40. The third-order valence-electron chi connectivity index (χ3n) is 3.03. The van der Waals surface area contributed by atoms with Gasteiger partial charge in [-0.2, -0.15) is 0 Å². The lowest BCUT2D eigenvalue weighted by atomic mass is 10.2. The number of amides is 2. The largest absolute Gasteiger partial charge is 0.481 e. The highest BCUT2D eigenvalue weighted by Gasteiger charge is 2.37. The standard InChI is InChI=1S/C12H13BrN2O3/c1-14-8(6-11(16)17)7-15(12(14)18)10-5-3-2-4-9(10)13/h2-5,8H,6-7H2,1H3,(H,16,17). The van der Waals surface area contributed by atoms with E-state index in [4.69, 9.17) is 5.11 Å². The van der Waals surface area contributed by atoms with Crippen molar-refractivity contribution in [3.63, 3.8) is 0 Å². The van der Waals surface area contributed by atoms with Gasteiger partial charge in [-0.05, 0) is 28.1 Å². The van der Waals surface area contributed by atoms with E-state index in [1.807, 2.05) is 24.3 Å². The highest BCUT2D eigenvalue weighted by molar-refractivity contribution is 9.10. The van der Waals surface area contributed by atoms with Gasteiger partial charge in [0.1, 0.15) is 0 Å². The normalized spacial score (nSPS) is 19.4. The Bertz CT molecular complexity index is 492. The molecule has 2 amide bonds. The minimum atomic E-state index is -0.895. The Morgan fingerprint density at radius 1 is 1.50 bits per heavy atom. The van der Waals surface area contributed by atoms with Gasteiger partial charge < -0.3 is 10.0 Å². The van der Waals surface area contributed by atoms with Gasteiger partial charge in [-0.15, -0.1) is 0 Å². The molecule has 6 heteroatoms. The highest BCUT2D eigenvalue weighted by atomic mass is 79.9. The van der Waals surface area contributed by atoms with Crippen LogP contribution < -0.4 is 4.90 Å². The summed E-state index contributed by atoms with van der Waals surface area (Å²) in [7, 11) is 1.63. The number of carbonyl (C=O) groups is 2. The summed E-state index contributed by atoms with van der Waals surface area (Å²) in [6.07, 6.45) is -0.0385. The fraction of sp³-hybridized carbons (Fsp3) is 0.333. The number of hydrogen-bond acceptors (Lipinski definition) is 2. The summed E-state index contributed by atoms with van der Waals surface area (Å²) in [5.74, 6) is -0.895. The van der Waals surface area contributed by atoms with Gasteiger partial charge in [0, 0.05) is 18.1 Å². The minimum absolute atomic E-state index is 0.0385. The smallest absolute Gasteiger partial charge is 0.324 e. The Morgan fingerprint density at radius 2 is 2.17 bits per heavy atom. The van der Waals surface area contributed by atoms with Crippen LogP contribution in [0.1, 0.15) is 6.42 Å².